The molecule has 0 aromatic heterocycles. The van der Waals surface area contributed by atoms with Crippen LogP contribution >= 0.6 is 23.4 Å². The van der Waals surface area contributed by atoms with Gasteiger partial charge in [-0.25, -0.2) is 0 Å². The Morgan fingerprint density at radius 3 is 2.63 bits per heavy atom. The van der Waals surface area contributed by atoms with Gasteiger partial charge in [0, 0.05) is 15.8 Å². The van der Waals surface area contributed by atoms with E-state index in [4.69, 9.17) is 17.3 Å². The van der Waals surface area contributed by atoms with Crippen LogP contribution in [-0.4, -0.2) is 5.11 Å². The Hall–Kier alpha value is -1.00. The second-order valence-corrected chi connectivity index (χ2v) is 5.77. The fourth-order valence-electron chi connectivity index (χ4n) is 1.84. The van der Waals surface area contributed by atoms with Gasteiger partial charge in [-0.15, -0.1) is 0 Å². The van der Waals surface area contributed by atoms with E-state index in [0.29, 0.717) is 5.02 Å². The average molecular weight is 294 g/mol. The van der Waals surface area contributed by atoms with Crippen molar-refractivity contribution < 1.29 is 5.11 Å². The summed E-state index contributed by atoms with van der Waals surface area (Å²) < 4.78 is 0. The summed E-state index contributed by atoms with van der Waals surface area (Å²) in [5, 5.41) is 10.1. The zero-order valence-electron chi connectivity index (χ0n) is 10.6. The number of aliphatic hydroxyl groups excluding tert-OH is 1. The van der Waals surface area contributed by atoms with Crippen LogP contribution in [0.15, 0.2) is 52.3 Å². The molecule has 0 aliphatic heterocycles. The lowest BCUT2D eigenvalue weighted by Gasteiger charge is -2.15. The molecule has 1 atom stereocenters. The summed E-state index contributed by atoms with van der Waals surface area (Å²) >= 11 is 7.83. The highest BCUT2D eigenvalue weighted by atomic mass is 35.5. The van der Waals surface area contributed by atoms with Crippen LogP contribution in [0, 0.1) is 0 Å². The van der Waals surface area contributed by atoms with Gasteiger partial charge in [0.15, 0.2) is 0 Å². The summed E-state index contributed by atoms with van der Waals surface area (Å²) in [6, 6.07) is 13.4. The molecule has 0 radical (unpaired) electrons. The third-order valence-corrected chi connectivity index (χ3v) is 4.55. The summed E-state index contributed by atoms with van der Waals surface area (Å²) in [5.74, 6) is 0. The van der Waals surface area contributed by atoms with Crippen LogP contribution < -0.4 is 5.73 Å². The Balaban J connectivity index is 2.43. The van der Waals surface area contributed by atoms with Gasteiger partial charge in [0.1, 0.15) is 0 Å². The highest BCUT2D eigenvalue weighted by Gasteiger charge is 2.13. The lowest BCUT2D eigenvalue weighted by atomic mass is 10.1. The Kier molecular flexibility index (Phi) is 4.88. The normalized spacial score (nSPS) is 12.4. The first-order valence-corrected chi connectivity index (χ1v) is 7.23. The van der Waals surface area contributed by atoms with E-state index < -0.39 is 0 Å². The lowest BCUT2D eigenvalue weighted by Crippen LogP contribution is -2.06. The molecule has 0 saturated carbocycles. The molecule has 2 aromatic carbocycles. The van der Waals surface area contributed by atoms with Crippen molar-refractivity contribution >= 4 is 23.4 Å². The number of hydrogen-bond donors (Lipinski definition) is 2. The number of nitrogens with two attached hydrogens (primary N) is 1. The lowest BCUT2D eigenvalue weighted by molar-refractivity contribution is 0.279. The van der Waals surface area contributed by atoms with Crippen molar-refractivity contribution in [1.29, 1.82) is 0 Å². The first-order chi connectivity index (χ1) is 9.13. The van der Waals surface area contributed by atoms with Crippen LogP contribution in [0.4, 0.5) is 0 Å². The fourth-order valence-corrected chi connectivity index (χ4v) is 3.30. The van der Waals surface area contributed by atoms with Gasteiger partial charge >= 0.3 is 0 Å². The molecule has 2 rings (SSSR count). The van der Waals surface area contributed by atoms with E-state index in [9.17, 15) is 5.11 Å². The summed E-state index contributed by atoms with van der Waals surface area (Å²) in [6.45, 7) is 1.95. The molecule has 0 heterocycles. The molecule has 19 heavy (non-hydrogen) atoms. The number of rotatable bonds is 4. The Bertz CT molecular complexity index is 572. The minimum Gasteiger partial charge on any atom is -0.392 e. The molecule has 0 unspecified atom stereocenters. The Morgan fingerprint density at radius 2 is 1.95 bits per heavy atom. The molecular weight excluding hydrogens is 278 g/mol. The van der Waals surface area contributed by atoms with E-state index in [-0.39, 0.29) is 12.6 Å². The molecule has 0 fully saturated rings. The van der Waals surface area contributed by atoms with Crippen LogP contribution in [0.5, 0.6) is 0 Å². The summed E-state index contributed by atoms with van der Waals surface area (Å²) in [4.78, 5) is 1.96. The molecule has 2 aromatic rings. The van der Waals surface area contributed by atoms with Gasteiger partial charge in [0.25, 0.3) is 0 Å². The zero-order valence-corrected chi connectivity index (χ0v) is 12.2. The van der Waals surface area contributed by atoms with Gasteiger partial charge in [-0.2, -0.15) is 0 Å². The maximum Gasteiger partial charge on any atom is 0.0692 e. The quantitative estimate of drug-likeness (QED) is 0.895. The molecule has 0 bridgehead atoms. The van der Waals surface area contributed by atoms with E-state index in [1.807, 2.05) is 49.4 Å². The van der Waals surface area contributed by atoms with Crippen LogP contribution in [0.1, 0.15) is 24.1 Å². The van der Waals surface area contributed by atoms with Crippen LogP contribution in [0.2, 0.25) is 5.02 Å². The first-order valence-electron chi connectivity index (χ1n) is 6.04. The largest absolute Gasteiger partial charge is 0.392 e. The summed E-state index contributed by atoms with van der Waals surface area (Å²) in [5.41, 5.74) is 7.90. The second-order valence-electron chi connectivity index (χ2n) is 4.31. The van der Waals surface area contributed by atoms with Gasteiger partial charge in [-0.05, 0) is 30.2 Å². The topological polar surface area (TPSA) is 46.2 Å². The van der Waals surface area contributed by atoms with Gasteiger partial charge < -0.3 is 10.8 Å². The standard InChI is InChI=1S/C15H16ClNOS/c1-10(17)12-6-4-7-13(16)15(12)19-14-8-3-2-5-11(14)9-18/h2-8,10,18H,9,17H2,1H3/t10-/m0/s1. The third kappa shape index (κ3) is 3.31. The molecule has 3 N–H and O–H groups in total. The van der Waals surface area contributed by atoms with Gasteiger partial charge in [0.05, 0.1) is 11.6 Å². The second kappa shape index (κ2) is 6.44. The van der Waals surface area contributed by atoms with E-state index in [0.717, 1.165) is 20.9 Å². The predicted octanol–water partition coefficient (Wildman–Crippen LogP) is 4.00. The third-order valence-electron chi connectivity index (χ3n) is 2.84. The summed E-state index contributed by atoms with van der Waals surface area (Å²) in [7, 11) is 0. The molecule has 0 amide bonds. The molecule has 0 aliphatic rings. The molecule has 100 valence electrons. The van der Waals surface area contributed by atoms with Crippen molar-refractivity contribution in [2.45, 2.75) is 29.4 Å². The van der Waals surface area contributed by atoms with Crippen molar-refractivity contribution in [2.75, 3.05) is 0 Å². The number of benzene rings is 2. The monoisotopic (exact) mass is 293 g/mol. The fraction of sp³-hybridized carbons (Fsp3) is 0.200. The van der Waals surface area contributed by atoms with Crippen LogP contribution in [-0.2, 0) is 6.61 Å². The van der Waals surface area contributed by atoms with Crippen LogP contribution in [0.25, 0.3) is 0 Å². The van der Waals surface area contributed by atoms with E-state index in [2.05, 4.69) is 0 Å². The van der Waals surface area contributed by atoms with Crippen molar-refractivity contribution in [3.63, 3.8) is 0 Å². The maximum absolute atomic E-state index is 9.37. The molecule has 4 heteroatoms. The number of aliphatic hydroxyl groups is 1. The Labute approximate surface area is 122 Å². The minimum absolute atomic E-state index is 0.0150. The van der Waals surface area contributed by atoms with Crippen LogP contribution in [0.3, 0.4) is 0 Å². The first kappa shape index (κ1) is 14.4. The minimum atomic E-state index is -0.0810. The molecule has 2 nitrogen and oxygen atoms in total. The van der Waals surface area contributed by atoms with Gasteiger partial charge in [0.2, 0.25) is 0 Å². The van der Waals surface area contributed by atoms with E-state index in [1.54, 1.807) is 11.8 Å². The molecular formula is C15H16ClNOS. The molecule has 0 saturated heterocycles. The zero-order chi connectivity index (χ0) is 13.8. The smallest absolute Gasteiger partial charge is 0.0692 e. The van der Waals surface area contributed by atoms with Crippen molar-refractivity contribution in [3.05, 3.63) is 58.6 Å². The van der Waals surface area contributed by atoms with Crippen molar-refractivity contribution in [1.82, 2.24) is 0 Å². The summed E-state index contributed by atoms with van der Waals surface area (Å²) in [6.07, 6.45) is 0. The molecule has 0 spiro atoms. The SMILES string of the molecule is C[C@H](N)c1cccc(Cl)c1Sc1ccccc1CO. The number of halogens is 1. The Morgan fingerprint density at radius 1 is 1.21 bits per heavy atom. The number of hydrogen-bond acceptors (Lipinski definition) is 3. The van der Waals surface area contributed by atoms with Crippen molar-refractivity contribution in [3.8, 4) is 0 Å². The molecule has 0 aliphatic carbocycles. The average Bonchev–Trinajstić information content (AvgIpc) is 2.41. The van der Waals surface area contributed by atoms with E-state index >= 15 is 0 Å². The highest BCUT2D eigenvalue weighted by molar-refractivity contribution is 7.99. The van der Waals surface area contributed by atoms with E-state index in [1.165, 1.54) is 0 Å². The van der Waals surface area contributed by atoms with Gasteiger partial charge in [-0.1, -0.05) is 53.7 Å². The predicted molar refractivity (Wildman–Crippen MR) is 80.5 cm³/mol. The van der Waals surface area contributed by atoms with Crippen molar-refractivity contribution in [2.24, 2.45) is 5.73 Å². The van der Waals surface area contributed by atoms with Gasteiger partial charge in [-0.3, -0.25) is 0 Å². The highest BCUT2D eigenvalue weighted by Crippen LogP contribution is 2.39. The maximum atomic E-state index is 9.37.